The van der Waals surface area contributed by atoms with E-state index in [0.717, 1.165) is 11.8 Å². The molecule has 1 fully saturated rings. The summed E-state index contributed by atoms with van der Waals surface area (Å²) in [6, 6.07) is 11.1. The van der Waals surface area contributed by atoms with Crippen LogP contribution < -0.4 is 21.2 Å². The molecule has 0 aromatic heterocycles. The molecule has 1 saturated heterocycles. The Balaban J connectivity index is 1.53. The molecular formula is C20H16N5O6S-. The number of amides is 2. The summed E-state index contributed by atoms with van der Waals surface area (Å²) in [6.07, 6.45) is -0.124. The number of rotatable bonds is 8. The third kappa shape index (κ3) is 5.70. The van der Waals surface area contributed by atoms with Crippen LogP contribution in [-0.2, 0) is 9.59 Å². The highest BCUT2D eigenvalue weighted by Gasteiger charge is 2.32. The molecule has 12 heteroatoms. The molecule has 32 heavy (non-hydrogen) atoms. The fraction of sp³-hybridized carbons (Fsp3) is 0.100. The summed E-state index contributed by atoms with van der Waals surface area (Å²) in [5, 5.41) is 30.2. The lowest BCUT2D eigenvalue weighted by atomic mass is 10.1. The highest BCUT2D eigenvalue weighted by atomic mass is 32.2. The third-order valence-corrected chi connectivity index (χ3v) is 5.35. The molecule has 0 aliphatic carbocycles. The van der Waals surface area contributed by atoms with Gasteiger partial charge in [-0.1, -0.05) is 30.5 Å². The molecule has 0 saturated carbocycles. The molecular weight excluding hydrogens is 438 g/mol. The Morgan fingerprint density at radius 1 is 1.12 bits per heavy atom. The Labute approximate surface area is 185 Å². The van der Waals surface area contributed by atoms with E-state index in [-0.39, 0.29) is 28.7 Å². The second-order valence-electron chi connectivity index (χ2n) is 6.52. The van der Waals surface area contributed by atoms with Crippen LogP contribution in [0, 0.1) is 10.1 Å². The topological polar surface area (TPSA) is 166 Å². The first kappa shape index (κ1) is 22.5. The lowest BCUT2D eigenvalue weighted by Gasteiger charge is -2.08. The van der Waals surface area contributed by atoms with Gasteiger partial charge in [0.2, 0.25) is 11.8 Å². The van der Waals surface area contributed by atoms with E-state index in [1.807, 2.05) is 0 Å². The van der Waals surface area contributed by atoms with Crippen LogP contribution in [0.1, 0.15) is 22.3 Å². The van der Waals surface area contributed by atoms with Gasteiger partial charge >= 0.3 is 0 Å². The van der Waals surface area contributed by atoms with Crippen molar-refractivity contribution in [2.24, 2.45) is 5.10 Å². The molecule has 3 rings (SSSR count). The molecule has 164 valence electrons. The lowest BCUT2D eigenvalue weighted by Crippen LogP contribution is -2.28. The number of non-ortho nitro benzene ring substituents is 1. The number of hydrogen-bond acceptors (Lipinski definition) is 9. The number of hydrazone groups is 1. The van der Waals surface area contributed by atoms with Crippen LogP contribution in [0.15, 0.2) is 60.2 Å². The SMILES string of the molecule is C=C(N/N=C1\NC(=O)[C@@H](CC(=O)Nc2ccc(C(=O)[O-])cc2)S1)c1ccc([N+](=O)[O-])cc1. The quantitative estimate of drug-likeness (QED) is 0.393. The first-order valence-electron chi connectivity index (χ1n) is 9.09. The van der Waals surface area contributed by atoms with Gasteiger partial charge in [0, 0.05) is 24.2 Å². The van der Waals surface area contributed by atoms with Gasteiger partial charge in [-0.05, 0) is 35.4 Å². The molecule has 1 heterocycles. The summed E-state index contributed by atoms with van der Waals surface area (Å²) < 4.78 is 0. The lowest BCUT2D eigenvalue weighted by molar-refractivity contribution is -0.384. The van der Waals surface area contributed by atoms with Gasteiger partial charge in [-0.3, -0.25) is 25.1 Å². The number of carbonyl (C=O) groups is 3. The molecule has 1 aliphatic heterocycles. The minimum Gasteiger partial charge on any atom is -0.545 e. The zero-order valence-electron chi connectivity index (χ0n) is 16.4. The molecule has 3 N–H and O–H groups in total. The average molecular weight is 454 g/mol. The Morgan fingerprint density at radius 3 is 2.34 bits per heavy atom. The van der Waals surface area contributed by atoms with E-state index in [9.17, 15) is 29.6 Å². The highest BCUT2D eigenvalue weighted by molar-refractivity contribution is 8.15. The molecule has 2 aromatic rings. The van der Waals surface area contributed by atoms with Gasteiger partial charge in [-0.15, -0.1) is 5.10 Å². The minimum absolute atomic E-state index is 0.0163. The van der Waals surface area contributed by atoms with Crippen molar-refractivity contribution in [1.82, 2.24) is 10.7 Å². The summed E-state index contributed by atoms with van der Waals surface area (Å²) in [6.45, 7) is 3.80. The summed E-state index contributed by atoms with van der Waals surface area (Å²) in [5.74, 6) is -2.14. The van der Waals surface area contributed by atoms with Gasteiger partial charge in [0.25, 0.3) is 5.69 Å². The largest absolute Gasteiger partial charge is 0.545 e. The zero-order valence-corrected chi connectivity index (χ0v) is 17.2. The van der Waals surface area contributed by atoms with Crippen LogP contribution in [0.25, 0.3) is 5.70 Å². The Morgan fingerprint density at radius 2 is 1.75 bits per heavy atom. The van der Waals surface area contributed by atoms with Gasteiger partial charge < -0.3 is 20.5 Å². The maximum absolute atomic E-state index is 12.2. The number of thioether (sulfide) groups is 1. The predicted molar refractivity (Wildman–Crippen MR) is 116 cm³/mol. The Kier molecular flexibility index (Phi) is 6.85. The highest BCUT2D eigenvalue weighted by Crippen LogP contribution is 2.23. The van der Waals surface area contributed by atoms with Crippen molar-refractivity contribution in [3.63, 3.8) is 0 Å². The van der Waals surface area contributed by atoms with Crippen molar-refractivity contribution >= 4 is 51.8 Å². The van der Waals surface area contributed by atoms with Crippen LogP contribution in [0.3, 0.4) is 0 Å². The monoisotopic (exact) mass is 454 g/mol. The molecule has 0 radical (unpaired) electrons. The molecule has 0 spiro atoms. The maximum atomic E-state index is 12.2. The van der Waals surface area contributed by atoms with Gasteiger partial charge in [-0.25, -0.2) is 0 Å². The van der Waals surface area contributed by atoms with Gasteiger partial charge in [0.1, 0.15) is 5.25 Å². The number of nitro benzene ring substituents is 1. The number of amidine groups is 1. The molecule has 0 unspecified atom stereocenters. The number of nitro groups is 1. The van der Waals surface area contributed by atoms with Gasteiger partial charge in [-0.2, -0.15) is 0 Å². The first-order chi connectivity index (χ1) is 15.2. The van der Waals surface area contributed by atoms with Crippen molar-refractivity contribution in [2.45, 2.75) is 11.7 Å². The average Bonchev–Trinajstić information content (AvgIpc) is 3.11. The van der Waals surface area contributed by atoms with E-state index in [0.29, 0.717) is 16.9 Å². The molecule has 0 bridgehead atoms. The number of carboxylic acid groups (broad SMARTS) is 1. The number of aromatic carboxylic acids is 1. The van der Waals surface area contributed by atoms with Crippen LogP contribution in [0.4, 0.5) is 11.4 Å². The van der Waals surface area contributed by atoms with Crippen molar-refractivity contribution in [2.75, 3.05) is 5.32 Å². The van der Waals surface area contributed by atoms with Crippen molar-refractivity contribution < 1.29 is 24.4 Å². The fourth-order valence-electron chi connectivity index (χ4n) is 2.63. The maximum Gasteiger partial charge on any atom is 0.269 e. The Bertz CT molecular complexity index is 1110. The molecule has 2 aromatic carbocycles. The molecule has 2 amide bonds. The number of nitrogens with zero attached hydrogens (tertiary/aromatic N) is 2. The summed E-state index contributed by atoms with van der Waals surface area (Å²) in [4.78, 5) is 45.3. The molecule has 1 atom stereocenters. The van der Waals surface area contributed by atoms with Crippen LogP contribution in [0.2, 0.25) is 0 Å². The number of nitrogens with one attached hydrogen (secondary N) is 3. The van der Waals surface area contributed by atoms with E-state index >= 15 is 0 Å². The number of carboxylic acids is 1. The Hall–Kier alpha value is -4.19. The number of benzene rings is 2. The van der Waals surface area contributed by atoms with Crippen molar-refractivity contribution in [1.29, 1.82) is 0 Å². The van der Waals surface area contributed by atoms with E-state index in [1.165, 1.54) is 48.5 Å². The second kappa shape index (κ2) is 9.75. The summed E-state index contributed by atoms with van der Waals surface area (Å²) in [7, 11) is 0. The second-order valence-corrected chi connectivity index (χ2v) is 7.72. The van der Waals surface area contributed by atoms with E-state index in [4.69, 9.17) is 0 Å². The van der Waals surface area contributed by atoms with Gasteiger partial charge in [0.15, 0.2) is 5.17 Å². The van der Waals surface area contributed by atoms with Gasteiger partial charge in [0.05, 0.1) is 16.6 Å². The van der Waals surface area contributed by atoms with E-state index < -0.39 is 22.0 Å². The molecule has 1 aliphatic rings. The molecule has 11 nitrogen and oxygen atoms in total. The number of hydrogen-bond donors (Lipinski definition) is 3. The van der Waals surface area contributed by atoms with Crippen molar-refractivity contribution in [3.8, 4) is 0 Å². The fourth-order valence-corrected chi connectivity index (χ4v) is 3.56. The van der Waals surface area contributed by atoms with E-state index in [1.54, 1.807) is 0 Å². The first-order valence-corrected chi connectivity index (χ1v) is 9.97. The predicted octanol–water partition coefficient (Wildman–Crippen LogP) is 1.05. The zero-order chi connectivity index (χ0) is 23.3. The van der Waals surface area contributed by atoms with E-state index in [2.05, 4.69) is 27.7 Å². The third-order valence-electron chi connectivity index (χ3n) is 4.27. The van der Waals surface area contributed by atoms with Crippen LogP contribution in [0.5, 0.6) is 0 Å². The summed E-state index contributed by atoms with van der Waals surface area (Å²) in [5.41, 5.74) is 3.93. The van der Waals surface area contributed by atoms with Crippen LogP contribution >= 0.6 is 11.8 Å². The number of carbonyl (C=O) groups excluding carboxylic acids is 3. The number of anilines is 1. The normalized spacial score (nSPS) is 16.3. The smallest absolute Gasteiger partial charge is 0.269 e. The summed E-state index contributed by atoms with van der Waals surface area (Å²) >= 11 is 1.06. The van der Waals surface area contributed by atoms with Crippen LogP contribution in [-0.4, -0.2) is 33.1 Å². The minimum atomic E-state index is -1.32. The van der Waals surface area contributed by atoms with Crippen molar-refractivity contribution in [3.05, 3.63) is 76.4 Å². The standard InChI is InChI=1S/C20H17N5O6S/c1-11(12-4-8-15(9-5-12)25(30)31)23-24-20-22-18(27)16(32-20)10-17(26)21-14-6-2-13(3-7-14)19(28)29/h2-9,16,23H,1,10H2,(H,21,26)(H,28,29)(H,22,24,27)/p-1/t16-/m1/s1.